The highest BCUT2D eigenvalue weighted by atomic mass is 35.5. The van der Waals surface area contributed by atoms with Crippen LogP contribution in [0.2, 0.25) is 0 Å². The number of alkyl halides is 1. The topological polar surface area (TPSA) is 17.8 Å². The molecule has 4 heteroatoms. The number of hydrogen-bond donors (Lipinski definition) is 0. The van der Waals surface area contributed by atoms with Crippen molar-refractivity contribution < 1.29 is 4.39 Å². The van der Waals surface area contributed by atoms with Crippen molar-refractivity contribution >= 4 is 22.6 Å². The molecule has 0 fully saturated rings. The van der Waals surface area contributed by atoms with Crippen LogP contribution in [0, 0.1) is 12.7 Å². The zero-order valence-corrected chi connectivity index (χ0v) is 11.6. The number of imidazole rings is 1. The third kappa shape index (κ3) is 2.51. The third-order valence-electron chi connectivity index (χ3n) is 3.21. The van der Waals surface area contributed by atoms with E-state index in [0.717, 1.165) is 24.3 Å². The minimum Gasteiger partial charge on any atom is -0.327 e. The molecule has 0 radical (unpaired) electrons. The van der Waals surface area contributed by atoms with E-state index in [-0.39, 0.29) is 5.82 Å². The Balaban J connectivity index is 2.44. The summed E-state index contributed by atoms with van der Waals surface area (Å²) in [5.74, 6) is 0.983. The maximum Gasteiger partial charge on any atom is 0.128 e. The normalized spacial score (nSPS) is 11.3. The van der Waals surface area contributed by atoms with Gasteiger partial charge in [-0.3, -0.25) is 0 Å². The minimum absolute atomic E-state index is 0.207. The summed E-state index contributed by atoms with van der Waals surface area (Å²) in [5, 5.41) is 0. The Morgan fingerprint density at radius 2 is 2.11 bits per heavy atom. The zero-order valence-electron chi connectivity index (χ0n) is 10.8. The van der Waals surface area contributed by atoms with E-state index in [4.69, 9.17) is 11.6 Å². The summed E-state index contributed by atoms with van der Waals surface area (Å²) in [6, 6.07) is 3.36. The summed E-state index contributed by atoms with van der Waals surface area (Å²) in [6.45, 7) is 4.85. The molecule has 0 N–H and O–H groups in total. The molecule has 0 bridgehead atoms. The van der Waals surface area contributed by atoms with Crippen molar-refractivity contribution in [2.24, 2.45) is 0 Å². The Kier molecular flexibility index (Phi) is 4.23. The van der Waals surface area contributed by atoms with Crippen LogP contribution in [0.15, 0.2) is 12.1 Å². The van der Waals surface area contributed by atoms with Crippen molar-refractivity contribution in [3.05, 3.63) is 29.3 Å². The summed E-state index contributed by atoms with van der Waals surface area (Å²) < 4.78 is 15.6. The van der Waals surface area contributed by atoms with Crippen molar-refractivity contribution in [2.75, 3.05) is 0 Å². The van der Waals surface area contributed by atoms with Gasteiger partial charge in [-0.15, -0.1) is 11.6 Å². The smallest absolute Gasteiger partial charge is 0.128 e. The van der Waals surface area contributed by atoms with E-state index in [1.165, 1.54) is 18.9 Å². The van der Waals surface area contributed by atoms with E-state index in [0.29, 0.717) is 17.0 Å². The van der Waals surface area contributed by atoms with Crippen LogP contribution >= 0.6 is 11.6 Å². The lowest BCUT2D eigenvalue weighted by Crippen LogP contribution is -2.02. The lowest BCUT2D eigenvalue weighted by atomic mass is 10.2. The molecule has 18 heavy (non-hydrogen) atoms. The molecule has 98 valence electrons. The lowest BCUT2D eigenvalue weighted by molar-refractivity contribution is 0.599. The van der Waals surface area contributed by atoms with Crippen LogP contribution in [0.25, 0.3) is 11.0 Å². The molecule has 2 nitrogen and oxygen atoms in total. The Labute approximate surface area is 112 Å². The number of rotatable bonds is 5. The van der Waals surface area contributed by atoms with Crippen molar-refractivity contribution in [2.45, 2.75) is 45.5 Å². The average Bonchev–Trinajstić information content (AvgIpc) is 2.68. The molecule has 1 aromatic carbocycles. The number of nitrogens with zero attached hydrogens (tertiary/aromatic N) is 2. The number of hydrogen-bond acceptors (Lipinski definition) is 1. The molecular weight excluding hydrogens is 251 g/mol. The molecule has 1 aromatic heterocycles. The summed E-state index contributed by atoms with van der Waals surface area (Å²) in [5.41, 5.74) is 2.34. The minimum atomic E-state index is -0.207. The summed E-state index contributed by atoms with van der Waals surface area (Å²) in [7, 11) is 0. The standard InChI is InChI=1S/C14H18ClFN2/c1-3-4-5-6-18-13-7-10(2)11(16)8-12(13)17-14(18)9-15/h7-8H,3-6,9H2,1-2H3. The molecule has 0 aliphatic rings. The first-order chi connectivity index (χ1) is 8.67. The van der Waals surface area contributed by atoms with E-state index < -0.39 is 0 Å². The van der Waals surface area contributed by atoms with Gasteiger partial charge in [0.1, 0.15) is 11.6 Å². The van der Waals surface area contributed by atoms with Gasteiger partial charge >= 0.3 is 0 Å². The molecule has 0 saturated carbocycles. The first-order valence-corrected chi connectivity index (χ1v) is 6.92. The summed E-state index contributed by atoms with van der Waals surface area (Å²) in [4.78, 5) is 4.40. The second-order valence-corrected chi connectivity index (χ2v) is 4.88. The number of benzene rings is 1. The van der Waals surface area contributed by atoms with Gasteiger partial charge in [-0.2, -0.15) is 0 Å². The largest absolute Gasteiger partial charge is 0.327 e. The molecule has 0 aliphatic carbocycles. The molecule has 0 unspecified atom stereocenters. The third-order valence-corrected chi connectivity index (χ3v) is 3.45. The van der Waals surface area contributed by atoms with Crippen LogP contribution in [0.5, 0.6) is 0 Å². The van der Waals surface area contributed by atoms with Crippen LogP contribution in [-0.2, 0) is 12.4 Å². The molecule has 2 rings (SSSR count). The molecule has 0 atom stereocenters. The van der Waals surface area contributed by atoms with Gasteiger partial charge in [-0.05, 0) is 25.0 Å². The van der Waals surface area contributed by atoms with Crippen LogP contribution in [-0.4, -0.2) is 9.55 Å². The van der Waals surface area contributed by atoms with Gasteiger partial charge in [0.2, 0.25) is 0 Å². The Morgan fingerprint density at radius 3 is 2.78 bits per heavy atom. The van der Waals surface area contributed by atoms with Crippen molar-refractivity contribution in [3.8, 4) is 0 Å². The fourth-order valence-electron chi connectivity index (χ4n) is 2.17. The second kappa shape index (κ2) is 5.70. The van der Waals surface area contributed by atoms with Crippen molar-refractivity contribution in [1.29, 1.82) is 0 Å². The van der Waals surface area contributed by atoms with Crippen LogP contribution in [0.1, 0.15) is 37.6 Å². The van der Waals surface area contributed by atoms with Crippen LogP contribution < -0.4 is 0 Å². The predicted octanol–water partition coefficient (Wildman–Crippen LogP) is 4.41. The van der Waals surface area contributed by atoms with Gasteiger partial charge < -0.3 is 4.57 Å². The first kappa shape index (κ1) is 13.3. The van der Waals surface area contributed by atoms with Gasteiger partial charge in [-0.1, -0.05) is 19.8 Å². The lowest BCUT2D eigenvalue weighted by Gasteiger charge is -2.07. The zero-order chi connectivity index (χ0) is 13.1. The predicted molar refractivity (Wildman–Crippen MR) is 73.5 cm³/mol. The van der Waals surface area contributed by atoms with E-state index >= 15 is 0 Å². The highest BCUT2D eigenvalue weighted by Crippen LogP contribution is 2.22. The number of halogens is 2. The number of fused-ring (bicyclic) bond motifs is 1. The van der Waals surface area contributed by atoms with Gasteiger partial charge in [0.05, 0.1) is 16.9 Å². The van der Waals surface area contributed by atoms with E-state index in [9.17, 15) is 4.39 Å². The number of aryl methyl sites for hydroxylation is 2. The maximum atomic E-state index is 13.5. The summed E-state index contributed by atoms with van der Waals surface area (Å²) in [6.07, 6.45) is 3.46. The fourth-order valence-corrected chi connectivity index (χ4v) is 2.38. The highest BCUT2D eigenvalue weighted by molar-refractivity contribution is 6.16. The monoisotopic (exact) mass is 268 g/mol. The molecule has 0 aliphatic heterocycles. The second-order valence-electron chi connectivity index (χ2n) is 4.61. The van der Waals surface area contributed by atoms with Crippen molar-refractivity contribution in [3.63, 3.8) is 0 Å². The van der Waals surface area contributed by atoms with E-state index in [2.05, 4.69) is 16.5 Å². The Morgan fingerprint density at radius 1 is 1.33 bits per heavy atom. The molecule has 2 aromatic rings. The fraction of sp³-hybridized carbons (Fsp3) is 0.500. The number of aromatic nitrogens is 2. The van der Waals surface area contributed by atoms with Gasteiger partial charge in [-0.25, -0.2) is 9.37 Å². The van der Waals surface area contributed by atoms with Crippen LogP contribution in [0.3, 0.4) is 0 Å². The van der Waals surface area contributed by atoms with Gasteiger partial charge in [0, 0.05) is 12.6 Å². The first-order valence-electron chi connectivity index (χ1n) is 6.38. The quantitative estimate of drug-likeness (QED) is 0.580. The molecule has 0 saturated heterocycles. The van der Waals surface area contributed by atoms with E-state index in [1.54, 1.807) is 6.92 Å². The van der Waals surface area contributed by atoms with Gasteiger partial charge in [0.15, 0.2) is 0 Å². The van der Waals surface area contributed by atoms with Gasteiger partial charge in [0.25, 0.3) is 0 Å². The maximum absolute atomic E-state index is 13.5. The molecular formula is C14H18ClFN2. The van der Waals surface area contributed by atoms with Crippen molar-refractivity contribution in [1.82, 2.24) is 9.55 Å². The van der Waals surface area contributed by atoms with Crippen LogP contribution in [0.4, 0.5) is 4.39 Å². The number of unbranched alkanes of at least 4 members (excludes halogenated alkanes) is 2. The van der Waals surface area contributed by atoms with E-state index in [1.807, 2.05) is 6.07 Å². The highest BCUT2D eigenvalue weighted by Gasteiger charge is 2.11. The Bertz CT molecular complexity index is 548. The SMILES string of the molecule is CCCCCn1c(CCl)nc2cc(F)c(C)cc21. The Hall–Kier alpha value is -1.09. The molecule has 0 spiro atoms. The molecule has 0 amide bonds. The summed E-state index contributed by atoms with van der Waals surface area (Å²) >= 11 is 5.92. The molecule has 1 heterocycles. The average molecular weight is 269 g/mol.